The molecule has 2 rings (SSSR count). The normalized spacial score (nSPS) is 11.2. The van der Waals surface area contributed by atoms with Crippen molar-refractivity contribution in [2.45, 2.75) is 17.6 Å². The minimum Gasteiger partial charge on any atom is -0.478 e. The molecule has 0 saturated carbocycles. The number of aromatic nitrogens is 2. The first kappa shape index (κ1) is 14.1. The van der Waals surface area contributed by atoms with Gasteiger partial charge in [0.2, 0.25) is 0 Å². The summed E-state index contributed by atoms with van der Waals surface area (Å²) in [4.78, 5) is 18.8. The van der Waals surface area contributed by atoms with Crippen LogP contribution in [0.25, 0.3) is 0 Å². The molecule has 0 aliphatic rings. The Labute approximate surface area is 116 Å². The van der Waals surface area contributed by atoms with Crippen molar-refractivity contribution >= 4 is 15.8 Å². The van der Waals surface area contributed by atoms with Crippen molar-refractivity contribution in [2.75, 3.05) is 0 Å². The molecule has 1 aromatic carbocycles. The van der Waals surface area contributed by atoms with Gasteiger partial charge in [-0.05, 0) is 30.7 Å². The Morgan fingerprint density at radius 3 is 2.45 bits per heavy atom. The van der Waals surface area contributed by atoms with Crippen LogP contribution >= 0.6 is 0 Å². The van der Waals surface area contributed by atoms with E-state index in [1.165, 1.54) is 37.5 Å². The monoisotopic (exact) mass is 292 g/mol. The molecule has 6 nitrogen and oxygen atoms in total. The van der Waals surface area contributed by atoms with Gasteiger partial charge >= 0.3 is 5.97 Å². The van der Waals surface area contributed by atoms with Crippen LogP contribution in [0.15, 0.2) is 41.6 Å². The molecular weight excluding hydrogens is 280 g/mol. The van der Waals surface area contributed by atoms with E-state index in [9.17, 15) is 13.2 Å². The molecule has 0 bridgehead atoms. The molecule has 0 fully saturated rings. The van der Waals surface area contributed by atoms with E-state index in [1.54, 1.807) is 6.07 Å². The second-order valence-electron chi connectivity index (χ2n) is 4.16. The summed E-state index contributed by atoms with van der Waals surface area (Å²) in [5, 5.41) is 9.03. The molecule has 0 spiro atoms. The van der Waals surface area contributed by atoms with Crippen molar-refractivity contribution in [2.24, 2.45) is 0 Å². The SMILES string of the molecule is Cc1c(C(=O)O)cccc1S(=O)(=O)Cc1ncccn1. The molecule has 0 aliphatic heterocycles. The van der Waals surface area contributed by atoms with Crippen LogP contribution < -0.4 is 0 Å². The molecule has 0 saturated heterocycles. The predicted molar refractivity (Wildman–Crippen MR) is 71.1 cm³/mol. The van der Waals surface area contributed by atoms with Crippen molar-refractivity contribution < 1.29 is 18.3 Å². The Hall–Kier alpha value is -2.28. The van der Waals surface area contributed by atoms with E-state index in [4.69, 9.17) is 5.11 Å². The number of benzene rings is 1. The zero-order valence-corrected chi connectivity index (χ0v) is 11.5. The quantitative estimate of drug-likeness (QED) is 0.916. The molecule has 1 aromatic heterocycles. The number of nitrogens with zero attached hydrogens (tertiary/aromatic N) is 2. The highest BCUT2D eigenvalue weighted by Crippen LogP contribution is 2.22. The lowest BCUT2D eigenvalue weighted by Gasteiger charge is -2.09. The first-order chi connectivity index (χ1) is 9.42. The van der Waals surface area contributed by atoms with Crippen LogP contribution in [0, 0.1) is 6.92 Å². The zero-order valence-electron chi connectivity index (χ0n) is 10.6. The van der Waals surface area contributed by atoms with Crippen LogP contribution in [0.2, 0.25) is 0 Å². The van der Waals surface area contributed by atoms with Crippen LogP contribution in [0.1, 0.15) is 21.7 Å². The van der Waals surface area contributed by atoms with Crippen molar-refractivity contribution in [1.82, 2.24) is 9.97 Å². The largest absolute Gasteiger partial charge is 0.478 e. The standard InChI is InChI=1S/C13H12N2O4S/c1-9-10(13(16)17)4-2-5-11(9)20(18,19)8-12-14-6-3-7-15-12/h2-7H,8H2,1H3,(H,16,17). The van der Waals surface area contributed by atoms with Crippen LogP contribution in [0.4, 0.5) is 0 Å². The van der Waals surface area contributed by atoms with Gasteiger partial charge in [-0.3, -0.25) is 0 Å². The third kappa shape index (κ3) is 2.83. The third-order valence-electron chi connectivity index (χ3n) is 2.79. The first-order valence-corrected chi connectivity index (χ1v) is 7.38. The minimum absolute atomic E-state index is 0.00940. The molecule has 0 unspecified atom stereocenters. The van der Waals surface area contributed by atoms with Gasteiger partial charge in [0, 0.05) is 12.4 Å². The summed E-state index contributed by atoms with van der Waals surface area (Å²) in [6.45, 7) is 1.47. The second kappa shape index (κ2) is 5.38. The van der Waals surface area contributed by atoms with Gasteiger partial charge in [-0.1, -0.05) is 6.07 Å². The maximum absolute atomic E-state index is 12.3. The molecule has 0 amide bonds. The van der Waals surface area contributed by atoms with Crippen molar-refractivity contribution in [1.29, 1.82) is 0 Å². The number of carboxylic acids is 1. The van der Waals surface area contributed by atoms with Crippen LogP contribution in [-0.2, 0) is 15.6 Å². The Bertz CT molecular complexity index is 742. The van der Waals surface area contributed by atoms with E-state index < -0.39 is 15.8 Å². The van der Waals surface area contributed by atoms with E-state index in [1.807, 2.05) is 0 Å². The minimum atomic E-state index is -3.69. The number of rotatable bonds is 4. The first-order valence-electron chi connectivity index (χ1n) is 5.73. The van der Waals surface area contributed by atoms with E-state index in [0.29, 0.717) is 0 Å². The van der Waals surface area contributed by atoms with E-state index >= 15 is 0 Å². The summed E-state index contributed by atoms with van der Waals surface area (Å²) in [5.41, 5.74) is 0.191. The highest BCUT2D eigenvalue weighted by molar-refractivity contribution is 7.90. The molecule has 0 atom stereocenters. The van der Waals surface area contributed by atoms with Gasteiger partial charge in [0.25, 0.3) is 0 Å². The molecule has 20 heavy (non-hydrogen) atoms. The molecule has 0 aliphatic carbocycles. The fourth-order valence-corrected chi connectivity index (χ4v) is 3.34. The number of sulfone groups is 1. The van der Waals surface area contributed by atoms with Crippen molar-refractivity contribution in [3.05, 3.63) is 53.6 Å². The topological polar surface area (TPSA) is 97.2 Å². The lowest BCUT2D eigenvalue weighted by Crippen LogP contribution is -2.11. The zero-order chi connectivity index (χ0) is 14.8. The van der Waals surface area contributed by atoms with Crippen LogP contribution in [0.5, 0.6) is 0 Å². The number of aromatic carboxylic acids is 1. The summed E-state index contributed by atoms with van der Waals surface area (Å²) >= 11 is 0. The Kier molecular flexibility index (Phi) is 3.80. The van der Waals surface area contributed by atoms with Gasteiger partial charge in [-0.25, -0.2) is 23.2 Å². The fourth-order valence-electron chi connectivity index (χ4n) is 1.84. The summed E-state index contributed by atoms with van der Waals surface area (Å²) in [5.74, 6) is -1.35. The summed E-state index contributed by atoms with van der Waals surface area (Å²) < 4.78 is 24.6. The van der Waals surface area contributed by atoms with E-state index in [0.717, 1.165) is 0 Å². The number of hydrogen-bond acceptors (Lipinski definition) is 5. The lowest BCUT2D eigenvalue weighted by molar-refractivity contribution is 0.0696. The summed E-state index contributed by atoms with van der Waals surface area (Å²) in [7, 11) is -3.69. The Morgan fingerprint density at radius 2 is 1.85 bits per heavy atom. The average molecular weight is 292 g/mol. The molecular formula is C13H12N2O4S. The molecule has 2 aromatic rings. The van der Waals surface area contributed by atoms with Crippen LogP contribution in [0.3, 0.4) is 0 Å². The van der Waals surface area contributed by atoms with Crippen molar-refractivity contribution in [3.8, 4) is 0 Å². The second-order valence-corrected chi connectivity index (χ2v) is 6.12. The lowest BCUT2D eigenvalue weighted by atomic mass is 10.1. The fraction of sp³-hybridized carbons (Fsp3) is 0.154. The van der Waals surface area contributed by atoms with Gasteiger partial charge in [0.05, 0.1) is 10.5 Å². The van der Waals surface area contributed by atoms with Gasteiger partial charge in [-0.15, -0.1) is 0 Å². The highest BCUT2D eigenvalue weighted by Gasteiger charge is 2.22. The molecule has 1 N–H and O–H groups in total. The summed E-state index contributed by atoms with van der Waals surface area (Å²) in [6, 6.07) is 5.76. The van der Waals surface area contributed by atoms with Gasteiger partial charge in [0.15, 0.2) is 9.84 Å². The predicted octanol–water partition coefficient (Wildman–Crippen LogP) is 1.46. The smallest absolute Gasteiger partial charge is 0.335 e. The van der Waals surface area contributed by atoms with Gasteiger partial charge in [-0.2, -0.15) is 0 Å². The average Bonchev–Trinajstić information content (AvgIpc) is 2.39. The molecule has 104 valence electrons. The highest BCUT2D eigenvalue weighted by atomic mass is 32.2. The van der Waals surface area contributed by atoms with Gasteiger partial charge < -0.3 is 5.11 Å². The Balaban J connectivity index is 2.45. The molecule has 7 heteroatoms. The number of carboxylic acid groups (broad SMARTS) is 1. The number of hydrogen-bond donors (Lipinski definition) is 1. The Morgan fingerprint density at radius 1 is 1.20 bits per heavy atom. The molecule has 1 heterocycles. The van der Waals surface area contributed by atoms with E-state index in [2.05, 4.69) is 9.97 Å². The maximum Gasteiger partial charge on any atom is 0.335 e. The van der Waals surface area contributed by atoms with Gasteiger partial charge in [0.1, 0.15) is 11.6 Å². The third-order valence-corrected chi connectivity index (χ3v) is 4.54. The summed E-state index contributed by atoms with van der Waals surface area (Å²) in [6.07, 6.45) is 2.91. The van der Waals surface area contributed by atoms with Crippen LogP contribution in [-0.4, -0.2) is 29.5 Å². The van der Waals surface area contributed by atoms with E-state index in [-0.39, 0.29) is 27.6 Å². The molecule has 0 radical (unpaired) electrons. The maximum atomic E-state index is 12.3. The number of carbonyl (C=O) groups is 1. The van der Waals surface area contributed by atoms with Crippen molar-refractivity contribution in [3.63, 3.8) is 0 Å².